The molecule has 3 aromatic heterocycles. The fourth-order valence-electron chi connectivity index (χ4n) is 4.24. The minimum absolute atomic E-state index is 0.00384. The first kappa shape index (κ1) is 26.9. The third-order valence-corrected chi connectivity index (χ3v) is 7.92. The predicted octanol–water partition coefficient (Wildman–Crippen LogP) is 4.27. The quantitative estimate of drug-likeness (QED) is 0.240. The number of nitrogens with two attached hydrogens (primary N) is 2. The van der Waals surface area contributed by atoms with Gasteiger partial charge < -0.3 is 21.7 Å². The number of nitrogens with one attached hydrogen (secondary N) is 1. The minimum Gasteiger partial charge on any atom is -0.395 e. The molecular weight excluding hydrogens is 551 g/mol. The van der Waals surface area contributed by atoms with Crippen LogP contribution in [0.5, 0.6) is 0 Å². The van der Waals surface area contributed by atoms with Crippen LogP contribution in [0.3, 0.4) is 0 Å². The van der Waals surface area contributed by atoms with E-state index in [1.165, 1.54) is 28.4 Å². The summed E-state index contributed by atoms with van der Waals surface area (Å²) in [5.74, 6) is -2.28. The Bertz CT molecular complexity index is 1690. The van der Waals surface area contributed by atoms with Gasteiger partial charge >= 0.3 is 0 Å². The van der Waals surface area contributed by atoms with Crippen LogP contribution in [0.15, 0.2) is 78.3 Å². The first-order valence-electron chi connectivity index (χ1n) is 12.1. The zero-order valence-electron chi connectivity index (χ0n) is 20.9. The highest BCUT2D eigenvalue weighted by Crippen LogP contribution is 2.32. The summed E-state index contributed by atoms with van der Waals surface area (Å²) in [4.78, 5) is 46.3. The summed E-state index contributed by atoms with van der Waals surface area (Å²) in [6, 6.07) is 17.4. The van der Waals surface area contributed by atoms with Gasteiger partial charge in [-0.25, -0.2) is 4.39 Å². The molecule has 0 saturated heterocycles. The Hall–Kier alpha value is -4.68. The number of anilines is 1. The number of pyridine rings is 1. The number of amides is 3. The number of rotatable bonds is 9. The average molecular weight is 575 g/mol. The van der Waals surface area contributed by atoms with E-state index in [2.05, 4.69) is 14.7 Å². The topological polar surface area (TPSA) is 144 Å². The third kappa shape index (κ3) is 5.67. The Labute approximate surface area is 236 Å². The van der Waals surface area contributed by atoms with Crippen LogP contribution >= 0.6 is 22.9 Å². The van der Waals surface area contributed by atoms with E-state index in [0.717, 1.165) is 27.3 Å². The number of nitrogens with zero attached hydrogens (tertiary/aromatic N) is 3. The average Bonchev–Trinajstić information content (AvgIpc) is 3.61. The summed E-state index contributed by atoms with van der Waals surface area (Å²) >= 11 is 2.18. The maximum atomic E-state index is 14.1. The van der Waals surface area contributed by atoms with Crippen molar-refractivity contribution in [2.75, 3.05) is 5.73 Å². The molecule has 0 spiro atoms. The van der Waals surface area contributed by atoms with Crippen molar-refractivity contribution < 1.29 is 18.8 Å². The molecule has 5 rings (SSSR count). The molecule has 202 valence electrons. The zero-order valence-corrected chi connectivity index (χ0v) is 22.5. The molecule has 3 amide bonds. The highest BCUT2D eigenvalue weighted by Gasteiger charge is 2.35. The van der Waals surface area contributed by atoms with Crippen LogP contribution in [0.1, 0.15) is 42.2 Å². The molecule has 3 heterocycles. The fourth-order valence-corrected chi connectivity index (χ4v) is 5.70. The lowest BCUT2D eigenvalue weighted by molar-refractivity contribution is -0.126. The van der Waals surface area contributed by atoms with Crippen LogP contribution in [0.25, 0.3) is 10.9 Å². The van der Waals surface area contributed by atoms with Gasteiger partial charge in [0.1, 0.15) is 16.7 Å². The van der Waals surface area contributed by atoms with Crippen LogP contribution in [0.4, 0.5) is 10.1 Å². The van der Waals surface area contributed by atoms with Gasteiger partial charge in [-0.2, -0.15) is 4.37 Å². The SMILES string of the molecule is NC(=O)c1nsc(C(=O)N(Cc2cccs2)[C@H](C(=O)NCc2ccc(F)cc2)c2ccc3ncccc3c2)c1N. The van der Waals surface area contributed by atoms with Crippen molar-refractivity contribution in [3.8, 4) is 0 Å². The summed E-state index contributed by atoms with van der Waals surface area (Å²) in [5, 5.41) is 5.54. The number of hydrogen-bond acceptors (Lipinski definition) is 8. The van der Waals surface area contributed by atoms with Gasteiger partial charge in [-0.1, -0.05) is 30.3 Å². The lowest BCUT2D eigenvalue weighted by Crippen LogP contribution is -2.43. The van der Waals surface area contributed by atoms with Crippen molar-refractivity contribution >= 4 is 57.2 Å². The number of halogens is 1. The maximum Gasteiger partial charge on any atom is 0.270 e. The van der Waals surface area contributed by atoms with Crippen molar-refractivity contribution in [2.24, 2.45) is 5.73 Å². The van der Waals surface area contributed by atoms with Crippen LogP contribution in [0, 0.1) is 5.82 Å². The highest BCUT2D eigenvalue weighted by molar-refractivity contribution is 7.10. The molecule has 0 bridgehead atoms. The third-order valence-electron chi connectivity index (χ3n) is 6.21. The Balaban J connectivity index is 1.58. The molecule has 5 N–H and O–H groups in total. The van der Waals surface area contributed by atoms with Gasteiger partial charge in [0.15, 0.2) is 5.69 Å². The summed E-state index contributed by atoms with van der Waals surface area (Å²) in [6.07, 6.45) is 1.67. The monoisotopic (exact) mass is 574 g/mol. The van der Waals surface area contributed by atoms with Crippen LogP contribution < -0.4 is 16.8 Å². The largest absolute Gasteiger partial charge is 0.395 e. The number of aromatic nitrogens is 2. The molecule has 5 aromatic rings. The summed E-state index contributed by atoms with van der Waals surface area (Å²) in [7, 11) is 0. The lowest BCUT2D eigenvalue weighted by atomic mass is 10.0. The predicted molar refractivity (Wildman–Crippen MR) is 152 cm³/mol. The van der Waals surface area contributed by atoms with Crippen molar-refractivity contribution in [2.45, 2.75) is 19.1 Å². The number of nitrogen functional groups attached to an aromatic ring is 1. The number of hydrogen-bond donors (Lipinski definition) is 3. The molecule has 0 aliphatic rings. The number of carbonyl (C=O) groups excluding carboxylic acids is 3. The second-order valence-electron chi connectivity index (χ2n) is 8.85. The maximum absolute atomic E-state index is 14.1. The number of carbonyl (C=O) groups is 3. The Morgan fingerprint density at radius 2 is 1.85 bits per heavy atom. The van der Waals surface area contributed by atoms with Gasteiger partial charge in [0.25, 0.3) is 11.8 Å². The number of primary amides is 1. The van der Waals surface area contributed by atoms with E-state index in [9.17, 15) is 18.8 Å². The van der Waals surface area contributed by atoms with Gasteiger partial charge in [0.2, 0.25) is 5.91 Å². The van der Waals surface area contributed by atoms with Crippen molar-refractivity contribution in [3.63, 3.8) is 0 Å². The van der Waals surface area contributed by atoms with Gasteiger partial charge in [-0.3, -0.25) is 19.4 Å². The number of fused-ring (bicyclic) bond motifs is 1. The minimum atomic E-state index is -1.10. The van der Waals surface area contributed by atoms with Gasteiger partial charge in [0.05, 0.1) is 17.7 Å². The Kier molecular flexibility index (Phi) is 7.80. The van der Waals surface area contributed by atoms with Crippen molar-refractivity contribution in [1.29, 1.82) is 0 Å². The smallest absolute Gasteiger partial charge is 0.270 e. The van der Waals surface area contributed by atoms with E-state index in [0.29, 0.717) is 11.1 Å². The summed E-state index contributed by atoms with van der Waals surface area (Å²) in [5.41, 5.74) is 13.1. The van der Waals surface area contributed by atoms with Crippen LogP contribution in [0.2, 0.25) is 0 Å². The second kappa shape index (κ2) is 11.6. The van der Waals surface area contributed by atoms with Crippen LogP contribution in [-0.4, -0.2) is 32.0 Å². The number of benzene rings is 2. The molecule has 9 nitrogen and oxygen atoms in total. The van der Waals surface area contributed by atoms with E-state index in [1.54, 1.807) is 36.5 Å². The van der Waals surface area contributed by atoms with E-state index in [1.807, 2.05) is 29.6 Å². The molecule has 0 aliphatic carbocycles. The molecule has 12 heteroatoms. The van der Waals surface area contributed by atoms with Gasteiger partial charge in [-0.15, -0.1) is 11.3 Å². The fraction of sp³-hybridized carbons (Fsp3) is 0.107. The first-order chi connectivity index (χ1) is 19.3. The van der Waals surface area contributed by atoms with Crippen LogP contribution in [-0.2, 0) is 17.9 Å². The summed E-state index contributed by atoms with van der Waals surface area (Å²) < 4.78 is 17.4. The Morgan fingerprint density at radius 3 is 2.55 bits per heavy atom. The molecule has 1 atom stereocenters. The van der Waals surface area contributed by atoms with Crippen molar-refractivity contribution in [1.82, 2.24) is 19.6 Å². The summed E-state index contributed by atoms with van der Waals surface area (Å²) in [6.45, 7) is 0.194. The normalized spacial score (nSPS) is 11.7. The van der Waals surface area contributed by atoms with E-state index < -0.39 is 23.8 Å². The molecule has 0 unspecified atom stereocenters. The molecule has 2 aromatic carbocycles. The molecule has 0 radical (unpaired) electrons. The van der Waals surface area contributed by atoms with Crippen molar-refractivity contribution in [3.05, 3.63) is 111 Å². The second-order valence-corrected chi connectivity index (χ2v) is 10.7. The lowest BCUT2D eigenvalue weighted by Gasteiger charge is -2.31. The number of thiophene rings is 1. The standard InChI is InChI=1S/C28H23FN6O3S2/c29-19-8-5-16(6-9-19)14-33-27(37)24(18-7-10-21-17(13-18)3-1-11-32-21)35(15-20-4-2-12-39-20)28(38)25-22(30)23(26(31)36)34-40-25/h1-13,24H,14-15,30H2,(H2,31,36)(H,33,37)/t24-/m0/s1. The molecule has 0 aliphatic heterocycles. The van der Waals surface area contributed by atoms with E-state index in [-0.39, 0.29) is 35.2 Å². The molecule has 0 saturated carbocycles. The van der Waals surface area contributed by atoms with Gasteiger partial charge in [-0.05, 0) is 64.4 Å². The van der Waals surface area contributed by atoms with E-state index in [4.69, 9.17) is 11.5 Å². The molecular formula is C28H23FN6O3S2. The molecule has 40 heavy (non-hydrogen) atoms. The first-order valence-corrected chi connectivity index (χ1v) is 13.7. The zero-order chi connectivity index (χ0) is 28.2. The van der Waals surface area contributed by atoms with E-state index >= 15 is 0 Å². The molecule has 0 fully saturated rings. The Morgan fingerprint density at radius 1 is 1.05 bits per heavy atom. The van der Waals surface area contributed by atoms with Gasteiger partial charge in [0, 0.05) is 23.0 Å². The highest BCUT2D eigenvalue weighted by atomic mass is 32.1.